The Bertz CT molecular complexity index is 952. The number of anilines is 2. The average Bonchev–Trinajstić information content (AvgIpc) is 3.44. The van der Waals surface area contributed by atoms with Crippen LogP contribution in [0.5, 0.6) is 0 Å². The van der Waals surface area contributed by atoms with Crippen molar-refractivity contribution in [1.29, 1.82) is 0 Å². The van der Waals surface area contributed by atoms with E-state index in [0.29, 0.717) is 20.0 Å². The quantitative estimate of drug-likeness (QED) is 0.598. The van der Waals surface area contributed by atoms with Gasteiger partial charge in [-0.1, -0.05) is 0 Å². The standard InChI is InChI=1S/C20H20N4O2S3/c25-17(23-19-21-11-5-1-3-7-13(11)28-19)15-9-10-16(27-15)18(26)24-20-22-12-6-2-4-8-14(12)29-20/h9-10H,1-8H2,(H,21,23,25)(H,22,24,26). The third-order valence-corrected chi connectivity index (χ3v) is 8.41. The first-order valence-electron chi connectivity index (χ1n) is 9.85. The minimum Gasteiger partial charge on any atom is -0.297 e. The number of fused-ring (bicyclic) bond motifs is 2. The van der Waals surface area contributed by atoms with Crippen molar-refractivity contribution < 1.29 is 9.59 Å². The molecule has 2 N–H and O–H groups in total. The van der Waals surface area contributed by atoms with Crippen LogP contribution in [-0.4, -0.2) is 21.8 Å². The molecule has 0 fully saturated rings. The topological polar surface area (TPSA) is 84.0 Å². The maximum Gasteiger partial charge on any atom is 0.267 e. The molecule has 0 radical (unpaired) electrons. The van der Waals surface area contributed by atoms with Crippen LogP contribution in [0.25, 0.3) is 0 Å². The van der Waals surface area contributed by atoms with Crippen LogP contribution in [0.2, 0.25) is 0 Å². The summed E-state index contributed by atoms with van der Waals surface area (Å²) in [6.45, 7) is 0. The van der Waals surface area contributed by atoms with Crippen LogP contribution in [-0.2, 0) is 25.7 Å². The summed E-state index contributed by atoms with van der Waals surface area (Å²) in [5, 5.41) is 7.07. The van der Waals surface area contributed by atoms with Gasteiger partial charge in [-0.2, -0.15) is 0 Å². The van der Waals surface area contributed by atoms with Gasteiger partial charge in [-0.15, -0.1) is 34.0 Å². The van der Waals surface area contributed by atoms with Crippen molar-refractivity contribution in [2.24, 2.45) is 0 Å². The Hall–Kier alpha value is -2.10. The van der Waals surface area contributed by atoms with Crippen molar-refractivity contribution in [3.05, 3.63) is 43.0 Å². The number of nitrogens with zero attached hydrogens (tertiary/aromatic N) is 2. The zero-order valence-electron chi connectivity index (χ0n) is 15.7. The number of thiazole rings is 2. The van der Waals surface area contributed by atoms with Crippen molar-refractivity contribution in [3.63, 3.8) is 0 Å². The van der Waals surface area contributed by atoms with Crippen LogP contribution in [0.4, 0.5) is 10.3 Å². The van der Waals surface area contributed by atoms with Crippen LogP contribution in [0.3, 0.4) is 0 Å². The molecule has 0 unspecified atom stereocenters. The summed E-state index contributed by atoms with van der Waals surface area (Å²) in [6.07, 6.45) is 8.78. The minimum atomic E-state index is -0.218. The van der Waals surface area contributed by atoms with Gasteiger partial charge in [-0.05, 0) is 63.5 Å². The summed E-state index contributed by atoms with van der Waals surface area (Å²) in [7, 11) is 0. The maximum absolute atomic E-state index is 12.6. The Labute approximate surface area is 180 Å². The summed E-state index contributed by atoms with van der Waals surface area (Å²) in [6, 6.07) is 3.38. The van der Waals surface area contributed by atoms with Crippen molar-refractivity contribution in [2.75, 3.05) is 10.6 Å². The lowest BCUT2D eigenvalue weighted by molar-refractivity contribution is 0.102. The van der Waals surface area contributed by atoms with Gasteiger partial charge in [0.2, 0.25) is 0 Å². The molecule has 29 heavy (non-hydrogen) atoms. The molecule has 3 aromatic heterocycles. The molecule has 150 valence electrons. The van der Waals surface area contributed by atoms with Gasteiger partial charge < -0.3 is 0 Å². The van der Waals surface area contributed by atoms with Crippen LogP contribution in [0.15, 0.2) is 12.1 Å². The lowest BCUT2D eigenvalue weighted by atomic mass is 10.0. The second kappa shape index (κ2) is 7.97. The number of carbonyl (C=O) groups is 2. The van der Waals surface area contributed by atoms with E-state index in [-0.39, 0.29) is 11.8 Å². The number of rotatable bonds is 4. The summed E-state index contributed by atoms with van der Waals surface area (Å²) in [4.78, 5) is 37.8. The SMILES string of the molecule is O=C(Nc1nc2c(s1)CCCC2)c1ccc(C(=O)Nc2nc3c(s2)CCCC3)s1. The number of carbonyl (C=O) groups excluding carboxylic acids is 2. The van der Waals surface area contributed by atoms with E-state index in [1.807, 2.05) is 0 Å². The van der Waals surface area contributed by atoms with Gasteiger partial charge >= 0.3 is 0 Å². The van der Waals surface area contributed by atoms with Gasteiger partial charge in [0.25, 0.3) is 11.8 Å². The van der Waals surface area contributed by atoms with Crippen LogP contribution < -0.4 is 10.6 Å². The zero-order chi connectivity index (χ0) is 19.8. The van der Waals surface area contributed by atoms with Crippen molar-refractivity contribution >= 4 is 56.1 Å². The van der Waals surface area contributed by atoms with Crippen LogP contribution >= 0.6 is 34.0 Å². The number of nitrogens with one attached hydrogen (secondary N) is 2. The van der Waals surface area contributed by atoms with Gasteiger partial charge in [-0.25, -0.2) is 9.97 Å². The van der Waals surface area contributed by atoms with Crippen LogP contribution in [0, 0.1) is 0 Å². The molecule has 0 saturated carbocycles. The first kappa shape index (κ1) is 18.9. The molecule has 0 aromatic carbocycles. The van der Waals surface area contributed by atoms with E-state index in [4.69, 9.17) is 0 Å². The Morgan fingerprint density at radius 1 is 0.690 bits per heavy atom. The Morgan fingerprint density at radius 2 is 1.14 bits per heavy atom. The highest BCUT2D eigenvalue weighted by molar-refractivity contribution is 7.18. The van der Waals surface area contributed by atoms with Gasteiger partial charge in [0, 0.05) is 9.75 Å². The molecular weight excluding hydrogens is 424 g/mol. The first-order valence-corrected chi connectivity index (χ1v) is 12.3. The summed E-state index contributed by atoms with van der Waals surface area (Å²) in [5.41, 5.74) is 2.24. The number of amides is 2. The lowest BCUT2D eigenvalue weighted by Crippen LogP contribution is -2.11. The van der Waals surface area contributed by atoms with Crippen molar-refractivity contribution in [3.8, 4) is 0 Å². The highest BCUT2D eigenvalue weighted by atomic mass is 32.1. The molecule has 0 bridgehead atoms. The second-order valence-corrected chi connectivity index (χ2v) is 10.5. The molecule has 0 saturated heterocycles. The summed E-state index contributed by atoms with van der Waals surface area (Å²) < 4.78 is 0. The van der Waals surface area contributed by atoms with E-state index in [0.717, 1.165) is 49.9 Å². The van der Waals surface area contributed by atoms with E-state index in [1.165, 1.54) is 33.9 Å². The highest BCUT2D eigenvalue weighted by Gasteiger charge is 2.20. The van der Waals surface area contributed by atoms with E-state index < -0.39 is 0 Å². The van der Waals surface area contributed by atoms with Crippen LogP contribution in [0.1, 0.15) is 66.2 Å². The fourth-order valence-electron chi connectivity index (χ4n) is 3.71. The number of aryl methyl sites for hydroxylation is 4. The molecule has 0 atom stereocenters. The molecule has 5 rings (SSSR count). The van der Waals surface area contributed by atoms with E-state index >= 15 is 0 Å². The zero-order valence-corrected chi connectivity index (χ0v) is 18.2. The smallest absolute Gasteiger partial charge is 0.267 e. The molecule has 3 aromatic rings. The number of aromatic nitrogens is 2. The maximum atomic E-state index is 12.6. The highest BCUT2D eigenvalue weighted by Crippen LogP contribution is 2.31. The van der Waals surface area contributed by atoms with Gasteiger partial charge in [0.1, 0.15) is 0 Å². The van der Waals surface area contributed by atoms with E-state index in [2.05, 4.69) is 20.6 Å². The average molecular weight is 445 g/mol. The largest absolute Gasteiger partial charge is 0.297 e. The molecule has 2 aliphatic carbocycles. The molecule has 9 heteroatoms. The number of thiophene rings is 1. The van der Waals surface area contributed by atoms with Gasteiger partial charge in [-0.3, -0.25) is 20.2 Å². The fourth-order valence-corrected chi connectivity index (χ4v) is 6.60. The third kappa shape index (κ3) is 3.99. The number of hydrogen-bond donors (Lipinski definition) is 2. The monoisotopic (exact) mass is 444 g/mol. The first-order chi connectivity index (χ1) is 14.2. The molecule has 3 heterocycles. The Morgan fingerprint density at radius 3 is 1.59 bits per heavy atom. The van der Waals surface area contributed by atoms with Gasteiger partial charge in [0.15, 0.2) is 10.3 Å². The summed E-state index contributed by atoms with van der Waals surface area (Å²) >= 11 is 4.31. The van der Waals surface area contributed by atoms with Crippen molar-refractivity contribution in [2.45, 2.75) is 51.4 Å². The van der Waals surface area contributed by atoms with E-state index in [9.17, 15) is 9.59 Å². The molecule has 0 spiro atoms. The third-order valence-electron chi connectivity index (χ3n) is 5.19. The predicted molar refractivity (Wildman–Crippen MR) is 118 cm³/mol. The minimum absolute atomic E-state index is 0.218. The molecule has 6 nitrogen and oxygen atoms in total. The molecule has 2 aliphatic rings. The van der Waals surface area contributed by atoms with Crippen molar-refractivity contribution in [1.82, 2.24) is 9.97 Å². The normalized spacial score (nSPS) is 15.4. The van der Waals surface area contributed by atoms with Gasteiger partial charge in [0.05, 0.1) is 21.1 Å². The Balaban J connectivity index is 1.24. The summed E-state index contributed by atoms with van der Waals surface area (Å²) in [5.74, 6) is -0.435. The number of hydrogen-bond acceptors (Lipinski definition) is 7. The Kier molecular flexibility index (Phi) is 5.19. The molecular formula is C20H20N4O2S3. The van der Waals surface area contributed by atoms with E-state index in [1.54, 1.807) is 34.8 Å². The predicted octanol–water partition coefficient (Wildman–Crippen LogP) is 4.92. The fraction of sp³-hybridized carbons (Fsp3) is 0.400. The molecule has 0 aliphatic heterocycles. The molecule has 2 amide bonds. The second-order valence-electron chi connectivity index (χ2n) is 7.26. The lowest BCUT2D eigenvalue weighted by Gasteiger charge is -2.06.